The van der Waals surface area contributed by atoms with Crippen molar-refractivity contribution in [3.05, 3.63) is 138 Å². The number of nitrogens with zero attached hydrogens (tertiary/aromatic N) is 1. The van der Waals surface area contributed by atoms with Crippen LogP contribution in [-0.2, 0) is 24.4 Å². The van der Waals surface area contributed by atoms with Crippen LogP contribution < -0.4 is 4.74 Å². The fourth-order valence-corrected chi connectivity index (χ4v) is 4.15. The molecule has 4 rings (SSSR count). The minimum atomic E-state index is -0.616. The van der Waals surface area contributed by atoms with Gasteiger partial charge in [-0.3, -0.25) is 4.90 Å². The molecule has 4 aromatic rings. The molecule has 5 heteroatoms. The van der Waals surface area contributed by atoms with Crippen molar-refractivity contribution < 1.29 is 14.6 Å². The topological polar surface area (TPSA) is 41.9 Å². The first-order chi connectivity index (χ1) is 17.8. The van der Waals surface area contributed by atoms with Crippen LogP contribution in [0.15, 0.2) is 115 Å². The predicted octanol–water partition coefficient (Wildman–Crippen LogP) is 6.83. The minimum absolute atomic E-state index is 0. The van der Waals surface area contributed by atoms with Crippen molar-refractivity contribution in [1.82, 2.24) is 4.90 Å². The average molecular weight is 518 g/mol. The van der Waals surface area contributed by atoms with E-state index in [2.05, 4.69) is 65.6 Å². The number of hydrogen-bond acceptors (Lipinski definition) is 4. The van der Waals surface area contributed by atoms with Crippen LogP contribution in [0, 0.1) is 0 Å². The van der Waals surface area contributed by atoms with Gasteiger partial charge < -0.3 is 14.6 Å². The number of halogens is 1. The minimum Gasteiger partial charge on any atom is -0.493 e. The van der Waals surface area contributed by atoms with Gasteiger partial charge in [0, 0.05) is 26.1 Å². The maximum Gasteiger partial charge on any atom is 0.119 e. The third kappa shape index (κ3) is 10.0. The Bertz CT molecular complexity index is 1100. The molecule has 0 heterocycles. The largest absolute Gasteiger partial charge is 0.493 e. The van der Waals surface area contributed by atoms with Gasteiger partial charge in [-0.1, -0.05) is 103 Å². The second kappa shape index (κ2) is 15.9. The Kier molecular flexibility index (Phi) is 12.2. The highest BCUT2D eigenvalue weighted by atomic mass is 35.5. The first-order valence-corrected chi connectivity index (χ1v) is 12.6. The molecule has 194 valence electrons. The number of aliphatic hydroxyl groups excluding tert-OH is 1. The Morgan fingerprint density at radius 3 is 1.81 bits per heavy atom. The standard InChI is InChI=1S/C32H35NO3.ClH/c34-32(25-33(23-27-12-4-1-5-13-27)24-28-14-6-2-7-15-28)30-18-10-19-31(22-30)36-21-11-20-35-26-29-16-8-3-9-17-29;/h1-10,12-19,22,32,34H,11,20-21,23-26H2;1H/t32-;/m1./s1. The number of ether oxygens (including phenoxy) is 2. The summed E-state index contributed by atoms with van der Waals surface area (Å²) in [5, 5.41) is 11.1. The molecule has 4 nitrogen and oxygen atoms in total. The molecular formula is C32H36ClNO3. The van der Waals surface area contributed by atoms with Crippen LogP contribution in [0.25, 0.3) is 0 Å². The SMILES string of the molecule is Cl.O[C@H](CN(Cc1ccccc1)Cc1ccccc1)c1cccc(OCCCOCc2ccccc2)c1. The van der Waals surface area contributed by atoms with Crippen molar-refractivity contribution in [1.29, 1.82) is 0 Å². The van der Waals surface area contributed by atoms with E-state index in [1.54, 1.807) is 0 Å². The summed E-state index contributed by atoms with van der Waals surface area (Å²) in [5.41, 5.74) is 4.49. The second-order valence-corrected chi connectivity index (χ2v) is 8.97. The molecule has 37 heavy (non-hydrogen) atoms. The van der Waals surface area contributed by atoms with E-state index < -0.39 is 6.10 Å². The smallest absolute Gasteiger partial charge is 0.119 e. The molecule has 0 bridgehead atoms. The highest BCUT2D eigenvalue weighted by molar-refractivity contribution is 5.85. The number of benzene rings is 4. The monoisotopic (exact) mass is 517 g/mol. The second-order valence-electron chi connectivity index (χ2n) is 8.97. The van der Waals surface area contributed by atoms with E-state index in [4.69, 9.17) is 9.47 Å². The van der Waals surface area contributed by atoms with Crippen molar-refractivity contribution in [3.63, 3.8) is 0 Å². The molecular weight excluding hydrogens is 482 g/mol. The third-order valence-corrected chi connectivity index (χ3v) is 5.99. The first-order valence-electron chi connectivity index (χ1n) is 12.6. The number of hydrogen-bond donors (Lipinski definition) is 1. The molecule has 0 aliphatic heterocycles. The molecule has 0 fully saturated rings. The Balaban J connectivity index is 0.00000380. The summed E-state index contributed by atoms with van der Waals surface area (Å²) >= 11 is 0. The summed E-state index contributed by atoms with van der Waals surface area (Å²) in [6.45, 7) is 3.90. The summed E-state index contributed by atoms with van der Waals surface area (Å²) in [7, 11) is 0. The normalized spacial score (nSPS) is 11.6. The van der Waals surface area contributed by atoms with Gasteiger partial charge in [0.05, 0.1) is 25.9 Å². The highest BCUT2D eigenvalue weighted by Gasteiger charge is 2.15. The molecule has 0 spiro atoms. The van der Waals surface area contributed by atoms with E-state index in [9.17, 15) is 5.11 Å². The van der Waals surface area contributed by atoms with E-state index in [1.165, 1.54) is 16.7 Å². The van der Waals surface area contributed by atoms with Crippen molar-refractivity contribution in [2.75, 3.05) is 19.8 Å². The maximum atomic E-state index is 11.1. The van der Waals surface area contributed by atoms with Gasteiger partial charge in [0.1, 0.15) is 5.75 Å². The highest BCUT2D eigenvalue weighted by Crippen LogP contribution is 2.22. The van der Waals surface area contributed by atoms with E-state index in [0.717, 1.165) is 30.8 Å². The van der Waals surface area contributed by atoms with Gasteiger partial charge in [-0.2, -0.15) is 0 Å². The summed E-state index contributed by atoms with van der Waals surface area (Å²) in [4.78, 5) is 2.28. The van der Waals surface area contributed by atoms with E-state index >= 15 is 0 Å². The lowest BCUT2D eigenvalue weighted by Crippen LogP contribution is -2.28. The van der Waals surface area contributed by atoms with E-state index in [0.29, 0.717) is 26.4 Å². The first kappa shape index (κ1) is 28.4. The van der Waals surface area contributed by atoms with Crippen LogP contribution in [0.4, 0.5) is 0 Å². The van der Waals surface area contributed by atoms with Gasteiger partial charge >= 0.3 is 0 Å². The van der Waals surface area contributed by atoms with E-state index in [1.807, 2.05) is 54.6 Å². The van der Waals surface area contributed by atoms with Crippen molar-refractivity contribution in [2.24, 2.45) is 0 Å². The van der Waals surface area contributed by atoms with Gasteiger partial charge in [0.2, 0.25) is 0 Å². The van der Waals surface area contributed by atoms with Gasteiger partial charge in [0.15, 0.2) is 0 Å². The van der Waals surface area contributed by atoms with Gasteiger partial charge in [-0.25, -0.2) is 0 Å². The molecule has 0 aromatic heterocycles. The molecule has 0 radical (unpaired) electrons. The molecule has 0 amide bonds. The zero-order valence-electron chi connectivity index (χ0n) is 21.1. The lowest BCUT2D eigenvalue weighted by Gasteiger charge is -2.26. The molecule has 4 aromatic carbocycles. The van der Waals surface area contributed by atoms with Crippen molar-refractivity contribution in [3.8, 4) is 5.75 Å². The molecule has 0 saturated heterocycles. The lowest BCUT2D eigenvalue weighted by atomic mass is 10.1. The lowest BCUT2D eigenvalue weighted by molar-refractivity contribution is 0.103. The molecule has 0 aliphatic carbocycles. The van der Waals surface area contributed by atoms with Crippen LogP contribution in [-0.4, -0.2) is 29.8 Å². The van der Waals surface area contributed by atoms with Crippen LogP contribution in [0.3, 0.4) is 0 Å². The molecule has 0 saturated carbocycles. The fourth-order valence-electron chi connectivity index (χ4n) is 4.15. The zero-order valence-corrected chi connectivity index (χ0v) is 21.9. The fraction of sp³-hybridized carbons (Fsp3) is 0.250. The molecule has 0 unspecified atom stereocenters. The summed E-state index contributed by atoms with van der Waals surface area (Å²) in [5.74, 6) is 0.771. The number of aliphatic hydroxyl groups is 1. The Morgan fingerprint density at radius 1 is 0.649 bits per heavy atom. The third-order valence-electron chi connectivity index (χ3n) is 5.99. The van der Waals surface area contributed by atoms with Gasteiger partial charge in [0.25, 0.3) is 0 Å². The molecule has 0 aliphatic rings. The quantitative estimate of drug-likeness (QED) is 0.186. The van der Waals surface area contributed by atoms with Crippen LogP contribution >= 0.6 is 12.4 Å². The maximum absolute atomic E-state index is 11.1. The average Bonchev–Trinajstić information content (AvgIpc) is 2.92. The summed E-state index contributed by atoms with van der Waals surface area (Å²) in [6, 6.07) is 38.7. The molecule has 1 atom stereocenters. The Labute approximate surface area is 226 Å². The van der Waals surface area contributed by atoms with Gasteiger partial charge in [-0.05, 0) is 34.4 Å². The summed E-state index contributed by atoms with van der Waals surface area (Å²) in [6.07, 6.45) is 0.192. The predicted molar refractivity (Wildman–Crippen MR) is 152 cm³/mol. The zero-order chi connectivity index (χ0) is 24.8. The van der Waals surface area contributed by atoms with E-state index in [-0.39, 0.29) is 12.4 Å². The number of rotatable bonds is 14. The van der Waals surface area contributed by atoms with Crippen LogP contribution in [0.5, 0.6) is 5.75 Å². The molecule has 1 N–H and O–H groups in total. The van der Waals surface area contributed by atoms with Crippen molar-refractivity contribution in [2.45, 2.75) is 32.2 Å². The van der Waals surface area contributed by atoms with Crippen LogP contribution in [0.1, 0.15) is 34.8 Å². The van der Waals surface area contributed by atoms with Gasteiger partial charge in [-0.15, -0.1) is 12.4 Å². The Hall–Kier alpha value is -3.15. The Morgan fingerprint density at radius 2 is 1.22 bits per heavy atom. The van der Waals surface area contributed by atoms with Crippen molar-refractivity contribution >= 4 is 12.4 Å². The summed E-state index contributed by atoms with van der Waals surface area (Å²) < 4.78 is 11.7. The van der Waals surface area contributed by atoms with Crippen LogP contribution in [0.2, 0.25) is 0 Å².